The van der Waals surface area contributed by atoms with Crippen molar-refractivity contribution in [1.29, 1.82) is 0 Å². The van der Waals surface area contributed by atoms with Gasteiger partial charge in [0.2, 0.25) is 12.3 Å². The van der Waals surface area contributed by atoms with Crippen LogP contribution in [0.15, 0.2) is 36.5 Å². The topological polar surface area (TPSA) is 71.3 Å². The van der Waals surface area contributed by atoms with Crippen molar-refractivity contribution in [3.05, 3.63) is 36.5 Å². The number of para-hydroxylation sites is 1. The van der Waals surface area contributed by atoms with E-state index < -0.39 is 30.8 Å². The quantitative estimate of drug-likeness (QED) is 0.855. The van der Waals surface area contributed by atoms with E-state index in [1.165, 1.54) is 0 Å². The number of nitrogens with one attached hydrogen (secondary N) is 1. The van der Waals surface area contributed by atoms with Gasteiger partial charge < -0.3 is 15.0 Å². The Labute approximate surface area is 119 Å². The van der Waals surface area contributed by atoms with Crippen molar-refractivity contribution in [2.45, 2.75) is 25.4 Å². The summed E-state index contributed by atoms with van der Waals surface area (Å²) in [6.45, 7) is -0.124. The maximum atomic E-state index is 12.3. The van der Waals surface area contributed by atoms with Gasteiger partial charge in [-0.05, 0) is 17.5 Å². The number of hydrogen-bond acceptors (Lipinski definition) is 2. The number of carboxylic acid groups (broad SMARTS) is 1. The molecule has 0 saturated carbocycles. The van der Waals surface area contributed by atoms with Gasteiger partial charge in [-0.15, -0.1) is 0 Å². The van der Waals surface area contributed by atoms with Gasteiger partial charge >= 0.3 is 5.97 Å². The molecule has 1 atom stereocenters. The van der Waals surface area contributed by atoms with Gasteiger partial charge in [-0.2, -0.15) is 0 Å². The average molecular weight is 296 g/mol. The van der Waals surface area contributed by atoms with Crippen LogP contribution in [-0.4, -0.2) is 34.0 Å². The Hall–Kier alpha value is -2.44. The smallest absolute Gasteiger partial charge is 0.326 e. The lowest BCUT2D eigenvalue weighted by atomic mass is 10.2. The highest BCUT2D eigenvalue weighted by Crippen LogP contribution is 2.14. The summed E-state index contributed by atoms with van der Waals surface area (Å²) in [6.07, 6.45) is -2.01. The molecule has 0 radical (unpaired) electrons. The molecule has 21 heavy (non-hydrogen) atoms. The van der Waals surface area contributed by atoms with E-state index in [1.807, 2.05) is 30.3 Å². The van der Waals surface area contributed by atoms with Crippen LogP contribution in [0, 0.1) is 0 Å². The summed E-state index contributed by atoms with van der Waals surface area (Å²) in [5, 5.41) is 11.9. The summed E-state index contributed by atoms with van der Waals surface area (Å²) in [5.74, 6) is -2.09. The Kier molecular flexibility index (Phi) is 4.52. The SMILES string of the molecule is O=C(Cn1ccc2ccccc21)NC(CC(F)F)C(=O)O. The number of hydrogen-bond donors (Lipinski definition) is 2. The van der Waals surface area contributed by atoms with Crippen molar-refractivity contribution in [2.24, 2.45) is 0 Å². The molecule has 7 heteroatoms. The van der Waals surface area contributed by atoms with Crippen molar-refractivity contribution in [1.82, 2.24) is 9.88 Å². The van der Waals surface area contributed by atoms with Crippen LogP contribution >= 0.6 is 0 Å². The average Bonchev–Trinajstić information content (AvgIpc) is 2.81. The van der Waals surface area contributed by atoms with E-state index in [0.717, 1.165) is 10.9 Å². The zero-order chi connectivity index (χ0) is 15.4. The molecule has 0 spiro atoms. The van der Waals surface area contributed by atoms with Crippen molar-refractivity contribution in [2.75, 3.05) is 0 Å². The van der Waals surface area contributed by atoms with Crippen LogP contribution in [0.3, 0.4) is 0 Å². The maximum absolute atomic E-state index is 12.3. The largest absolute Gasteiger partial charge is 0.480 e. The summed E-state index contributed by atoms with van der Waals surface area (Å²) in [4.78, 5) is 22.6. The molecule has 0 fully saturated rings. The molecular weight excluding hydrogens is 282 g/mol. The predicted molar refractivity (Wildman–Crippen MR) is 72.1 cm³/mol. The third-order valence-electron chi connectivity index (χ3n) is 3.04. The van der Waals surface area contributed by atoms with Gasteiger partial charge in [0.15, 0.2) is 0 Å². The van der Waals surface area contributed by atoms with Gasteiger partial charge in [0.1, 0.15) is 12.6 Å². The van der Waals surface area contributed by atoms with Gasteiger partial charge in [0.05, 0.1) is 0 Å². The monoisotopic (exact) mass is 296 g/mol. The minimum absolute atomic E-state index is 0.124. The van der Waals surface area contributed by atoms with Crippen LogP contribution in [0.5, 0.6) is 0 Å². The Balaban J connectivity index is 2.05. The number of fused-ring (bicyclic) bond motifs is 1. The molecule has 112 valence electrons. The van der Waals surface area contributed by atoms with Crippen LogP contribution in [0.2, 0.25) is 0 Å². The minimum Gasteiger partial charge on any atom is -0.480 e. The van der Waals surface area contributed by atoms with Crippen LogP contribution < -0.4 is 5.32 Å². The van der Waals surface area contributed by atoms with Crippen LogP contribution in [0.4, 0.5) is 8.78 Å². The summed E-state index contributed by atoms with van der Waals surface area (Å²) < 4.78 is 26.2. The second-order valence-corrected chi connectivity index (χ2v) is 4.59. The molecule has 5 nitrogen and oxygen atoms in total. The number of nitrogens with zero attached hydrogens (tertiary/aromatic N) is 1. The lowest BCUT2D eigenvalue weighted by molar-refractivity contribution is -0.143. The molecule has 2 aromatic rings. The molecule has 0 aliphatic rings. The van der Waals surface area contributed by atoms with Crippen LogP contribution in [-0.2, 0) is 16.1 Å². The van der Waals surface area contributed by atoms with E-state index in [0.29, 0.717) is 0 Å². The lowest BCUT2D eigenvalue weighted by Gasteiger charge is -2.14. The van der Waals surface area contributed by atoms with E-state index in [4.69, 9.17) is 5.11 Å². The Morgan fingerprint density at radius 2 is 1.95 bits per heavy atom. The van der Waals surface area contributed by atoms with E-state index in [1.54, 1.807) is 10.8 Å². The van der Waals surface area contributed by atoms with Crippen molar-refractivity contribution < 1.29 is 23.5 Å². The number of aliphatic carboxylic acids is 1. The predicted octanol–water partition coefficient (Wildman–Crippen LogP) is 1.87. The first-order chi connectivity index (χ1) is 9.97. The van der Waals surface area contributed by atoms with Gasteiger partial charge in [-0.1, -0.05) is 18.2 Å². The zero-order valence-electron chi connectivity index (χ0n) is 11.0. The number of rotatable bonds is 6. The molecule has 2 N–H and O–H groups in total. The van der Waals surface area contributed by atoms with E-state index >= 15 is 0 Å². The number of carboxylic acids is 1. The number of halogens is 2. The molecule has 2 rings (SSSR count). The normalized spacial score (nSPS) is 12.5. The zero-order valence-corrected chi connectivity index (χ0v) is 11.0. The Morgan fingerprint density at radius 3 is 2.62 bits per heavy atom. The van der Waals surface area contributed by atoms with Crippen LogP contribution in [0.1, 0.15) is 6.42 Å². The van der Waals surface area contributed by atoms with Crippen molar-refractivity contribution in [3.63, 3.8) is 0 Å². The first kappa shape index (κ1) is 15.0. The van der Waals surface area contributed by atoms with E-state index in [2.05, 4.69) is 5.32 Å². The number of benzene rings is 1. The van der Waals surface area contributed by atoms with E-state index in [9.17, 15) is 18.4 Å². The fraction of sp³-hybridized carbons (Fsp3) is 0.286. The summed E-state index contributed by atoms with van der Waals surface area (Å²) in [5.41, 5.74) is 0.813. The standard InChI is InChI=1S/C14H14F2N2O3/c15-12(16)7-10(14(20)21)17-13(19)8-18-6-5-9-3-1-2-4-11(9)18/h1-6,10,12H,7-8H2,(H,17,19)(H,20,21). The first-order valence-corrected chi connectivity index (χ1v) is 6.31. The second-order valence-electron chi connectivity index (χ2n) is 4.59. The molecule has 1 unspecified atom stereocenters. The molecule has 0 aliphatic carbocycles. The first-order valence-electron chi connectivity index (χ1n) is 6.31. The minimum atomic E-state index is -2.79. The Morgan fingerprint density at radius 1 is 1.24 bits per heavy atom. The lowest BCUT2D eigenvalue weighted by Crippen LogP contribution is -2.43. The highest BCUT2D eigenvalue weighted by molar-refractivity contribution is 5.86. The van der Waals surface area contributed by atoms with Gasteiger partial charge in [0, 0.05) is 18.1 Å². The molecule has 1 aromatic heterocycles. The number of aromatic nitrogens is 1. The van der Waals surface area contributed by atoms with Gasteiger partial charge in [-0.3, -0.25) is 4.79 Å². The van der Waals surface area contributed by atoms with E-state index in [-0.39, 0.29) is 6.54 Å². The molecule has 0 aliphatic heterocycles. The number of carbonyl (C=O) groups excluding carboxylic acids is 1. The number of carbonyl (C=O) groups is 2. The van der Waals surface area contributed by atoms with Crippen molar-refractivity contribution >= 4 is 22.8 Å². The molecular formula is C14H14F2N2O3. The molecule has 0 bridgehead atoms. The second kappa shape index (κ2) is 6.34. The fourth-order valence-corrected chi connectivity index (χ4v) is 2.07. The highest BCUT2D eigenvalue weighted by atomic mass is 19.3. The number of amides is 1. The molecule has 1 aromatic carbocycles. The van der Waals surface area contributed by atoms with Gasteiger partial charge in [0.25, 0.3) is 0 Å². The highest BCUT2D eigenvalue weighted by Gasteiger charge is 2.24. The summed E-state index contributed by atoms with van der Waals surface area (Å²) in [7, 11) is 0. The van der Waals surface area contributed by atoms with Crippen molar-refractivity contribution in [3.8, 4) is 0 Å². The number of alkyl halides is 2. The maximum Gasteiger partial charge on any atom is 0.326 e. The third kappa shape index (κ3) is 3.77. The molecule has 1 heterocycles. The molecule has 0 saturated heterocycles. The fourth-order valence-electron chi connectivity index (χ4n) is 2.07. The third-order valence-corrected chi connectivity index (χ3v) is 3.04. The summed E-state index contributed by atoms with van der Waals surface area (Å²) in [6, 6.07) is 7.59. The molecule has 1 amide bonds. The Bertz CT molecular complexity index is 654. The van der Waals surface area contributed by atoms with Gasteiger partial charge in [-0.25, -0.2) is 13.6 Å². The van der Waals surface area contributed by atoms with Crippen LogP contribution in [0.25, 0.3) is 10.9 Å². The summed E-state index contributed by atoms with van der Waals surface area (Å²) >= 11 is 0.